The summed E-state index contributed by atoms with van der Waals surface area (Å²) in [7, 11) is 0. The first-order valence-corrected chi connectivity index (χ1v) is 11.9. The molecule has 0 aromatic carbocycles. The van der Waals surface area contributed by atoms with Crippen LogP contribution in [0.3, 0.4) is 0 Å². The molecule has 0 aromatic rings. The minimum atomic E-state index is -0.778. The Bertz CT molecular complexity index is 643. The van der Waals surface area contributed by atoms with Crippen LogP contribution in [0.5, 0.6) is 0 Å². The molecule has 1 heterocycles. The van der Waals surface area contributed by atoms with Crippen molar-refractivity contribution in [2.45, 2.75) is 95.6 Å². The lowest BCUT2D eigenvalue weighted by Crippen LogP contribution is -2.52. The van der Waals surface area contributed by atoms with Crippen LogP contribution < -0.4 is 5.32 Å². The van der Waals surface area contributed by atoms with Gasteiger partial charge in [-0.15, -0.1) is 0 Å². The Hall–Kier alpha value is -1.63. The van der Waals surface area contributed by atoms with Crippen molar-refractivity contribution in [3.05, 3.63) is 0 Å². The molecule has 0 aromatic heterocycles. The number of hydrogen-bond acceptors (Lipinski definition) is 4. The number of carbonyl (C=O) groups is 3. The van der Waals surface area contributed by atoms with E-state index in [1.165, 1.54) is 19.3 Å². The highest BCUT2D eigenvalue weighted by Crippen LogP contribution is 2.61. The van der Waals surface area contributed by atoms with Gasteiger partial charge in [0.1, 0.15) is 6.04 Å². The van der Waals surface area contributed by atoms with E-state index in [4.69, 9.17) is 5.11 Å². The van der Waals surface area contributed by atoms with Gasteiger partial charge >= 0.3 is 12.0 Å². The molecule has 0 radical (unpaired) electrons. The quantitative estimate of drug-likeness (QED) is 0.351. The molecule has 5 aliphatic rings. The number of imide groups is 1. The van der Waals surface area contributed by atoms with Gasteiger partial charge in [-0.2, -0.15) is 0 Å². The predicted octanol–water partition coefficient (Wildman–Crippen LogP) is 3.30. The molecule has 5 rings (SSSR count). The van der Waals surface area contributed by atoms with Crippen LogP contribution in [-0.2, 0) is 9.59 Å². The third kappa shape index (κ3) is 4.51. The number of rotatable bonds is 11. The van der Waals surface area contributed by atoms with Crippen molar-refractivity contribution in [1.82, 2.24) is 10.2 Å². The van der Waals surface area contributed by atoms with Crippen molar-refractivity contribution >= 4 is 17.9 Å². The first-order valence-electron chi connectivity index (χ1n) is 11.9. The van der Waals surface area contributed by atoms with E-state index in [0.29, 0.717) is 25.8 Å². The normalized spacial score (nSPS) is 35.7. The number of aliphatic hydroxyl groups excluding tert-OH is 1. The second kappa shape index (κ2) is 8.85. The van der Waals surface area contributed by atoms with E-state index in [-0.39, 0.29) is 23.8 Å². The number of carboxylic acids is 1. The molecule has 4 bridgehead atoms. The lowest BCUT2D eigenvalue weighted by atomic mass is 9.48. The first-order chi connectivity index (χ1) is 14.4. The van der Waals surface area contributed by atoms with Crippen LogP contribution in [0.2, 0.25) is 0 Å². The average molecular weight is 421 g/mol. The smallest absolute Gasteiger partial charge is 0.324 e. The number of nitrogens with zero attached hydrogens (tertiary/aromatic N) is 1. The summed E-state index contributed by atoms with van der Waals surface area (Å²) in [5.41, 5.74) is 0.0363. The molecule has 7 nitrogen and oxygen atoms in total. The molecule has 3 N–H and O–H groups in total. The lowest BCUT2D eigenvalue weighted by Gasteiger charge is -2.58. The Kier molecular flexibility index (Phi) is 6.37. The van der Waals surface area contributed by atoms with Gasteiger partial charge in [-0.25, -0.2) is 4.79 Å². The van der Waals surface area contributed by atoms with Crippen molar-refractivity contribution in [2.24, 2.45) is 23.2 Å². The number of aliphatic carboxylic acids is 1. The molecular formula is C23H36N2O5. The summed E-state index contributed by atoms with van der Waals surface area (Å²) in [6.07, 6.45) is 11.4. The molecule has 5 fully saturated rings. The van der Waals surface area contributed by atoms with E-state index in [1.807, 2.05) is 0 Å². The van der Waals surface area contributed by atoms with E-state index >= 15 is 0 Å². The van der Waals surface area contributed by atoms with Gasteiger partial charge in [0.15, 0.2) is 0 Å². The number of carboxylic acid groups (broad SMARTS) is 1. The molecular weight excluding hydrogens is 384 g/mol. The molecule has 4 saturated carbocycles. The molecule has 168 valence electrons. The molecule has 1 aliphatic heterocycles. The Morgan fingerprint density at radius 2 is 1.63 bits per heavy atom. The number of hydrogen-bond donors (Lipinski definition) is 3. The van der Waals surface area contributed by atoms with Crippen LogP contribution in [0.15, 0.2) is 0 Å². The van der Waals surface area contributed by atoms with Gasteiger partial charge in [0, 0.05) is 13.0 Å². The molecule has 0 spiro atoms. The summed E-state index contributed by atoms with van der Waals surface area (Å²) in [4.78, 5) is 36.8. The fourth-order valence-corrected chi connectivity index (χ4v) is 7.21. The molecule has 30 heavy (non-hydrogen) atoms. The molecule has 1 saturated heterocycles. The number of carbonyl (C=O) groups excluding carboxylic acids is 2. The van der Waals surface area contributed by atoms with Gasteiger partial charge in [-0.1, -0.05) is 19.3 Å². The Morgan fingerprint density at radius 1 is 1.03 bits per heavy atom. The lowest BCUT2D eigenvalue weighted by molar-refractivity contribution is -0.137. The minimum absolute atomic E-state index is 0.0363. The van der Waals surface area contributed by atoms with Crippen LogP contribution >= 0.6 is 0 Å². The Labute approximate surface area is 178 Å². The van der Waals surface area contributed by atoms with E-state index < -0.39 is 18.1 Å². The second-order valence-corrected chi connectivity index (χ2v) is 10.4. The monoisotopic (exact) mass is 420 g/mol. The van der Waals surface area contributed by atoms with Gasteiger partial charge in [-0.3, -0.25) is 14.9 Å². The Morgan fingerprint density at radius 3 is 2.23 bits per heavy atom. The largest absolute Gasteiger partial charge is 0.481 e. The topological polar surface area (TPSA) is 107 Å². The molecule has 3 amide bonds. The number of urea groups is 1. The predicted molar refractivity (Wildman–Crippen MR) is 111 cm³/mol. The number of unbranched alkanes of at least 4 members (excludes halogenated alkanes) is 3. The zero-order valence-corrected chi connectivity index (χ0v) is 17.9. The highest BCUT2D eigenvalue weighted by Gasteiger charge is 2.54. The maximum atomic E-state index is 12.3. The molecule has 4 aliphatic carbocycles. The SMILES string of the molecule is O=C(O)CCCCCC[C@@H]1C(=O)NC(=O)N1CC[C@H](O)C12CC3CC(CC(C3)C1)C2. The van der Waals surface area contributed by atoms with E-state index in [2.05, 4.69) is 5.32 Å². The maximum Gasteiger partial charge on any atom is 0.324 e. The first kappa shape index (κ1) is 21.6. The highest BCUT2D eigenvalue weighted by atomic mass is 16.4. The fourth-order valence-electron chi connectivity index (χ4n) is 7.21. The molecule has 0 unspecified atom stereocenters. The van der Waals surface area contributed by atoms with Crippen molar-refractivity contribution in [3.8, 4) is 0 Å². The average Bonchev–Trinajstić information content (AvgIpc) is 2.93. The summed E-state index contributed by atoms with van der Waals surface area (Å²) < 4.78 is 0. The number of aliphatic hydroxyl groups is 1. The van der Waals surface area contributed by atoms with Crippen molar-refractivity contribution in [2.75, 3.05) is 6.54 Å². The summed E-state index contributed by atoms with van der Waals surface area (Å²) in [6, 6.07) is -0.797. The molecule has 7 heteroatoms. The standard InChI is InChI=1S/C23H36N2O5/c26-19(23-12-15-9-16(13-23)11-17(10-15)14-23)7-8-25-18(21(29)24-22(25)30)5-3-1-2-4-6-20(27)28/h15-19,26H,1-14H2,(H,27,28)(H,24,29,30)/t15?,16?,17?,18-,19+,23?/m1/s1. The summed E-state index contributed by atoms with van der Waals surface area (Å²) >= 11 is 0. The van der Waals surface area contributed by atoms with Gasteiger partial charge in [0.05, 0.1) is 6.10 Å². The zero-order valence-electron chi connectivity index (χ0n) is 17.9. The van der Waals surface area contributed by atoms with Gasteiger partial charge in [0.2, 0.25) is 0 Å². The maximum absolute atomic E-state index is 12.3. The zero-order chi connectivity index (χ0) is 21.3. The van der Waals surface area contributed by atoms with E-state index in [1.54, 1.807) is 4.90 Å². The summed E-state index contributed by atoms with van der Waals surface area (Å²) in [5, 5.41) is 22.3. The van der Waals surface area contributed by atoms with Crippen molar-refractivity contribution in [3.63, 3.8) is 0 Å². The fraction of sp³-hybridized carbons (Fsp3) is 0.870. The second-order valence-electron chi connectivity index (χ2n) is 10.4. The van der Waals surface area contributed by atoms with Gasteiger partial charge in [-0.05, 0) is 81.0 Å². The third-order valence-electron chi connectivity index (χ3n) is 8.22. The number of amides is 3. The summed E-state index contributed by atoms with van der Waals surface area (Å²) in [5.74, 6) is 1.30. The highest BCUT2D eigenvalue weighted by molar-refractivity contribution is 6.04. The van der Waals surface area contributed by atoms with Crippen LogP contribution in [0, 0.1) is 23.2 Å². The van der Waals surface area contributed by atoms with Crippen molar-refractivity contribution < 1.29 is 24.6 Å². The number of nitrogens with one attached hydrogen (secondary N) is 1. The van der Waals surface area contributed by atoms with Crippen LogP contribution in [-0.4, -0.2) is 51.7 Å². The van der Waals surface area contributed by atoms with Crippen LogP contribution in [0.1, 0.15) is 83.5 Å². The van der Waals surface area contributed by atoms with E-state index in [9.17, 15) is 19.5 Å². The van der Waals surface area contributed by atoms with Gasteiger partial charge < -0.3 is 15.1 Å². The minimum Gasteiger partial charge on any atom is -0.481 e. The molecule has 2 atom stereocenters. The van der Waals surface area contributed by atoms with Gasteiger partial charge in [0.25, 0.3) is 5.91 Å². The third-order valence-corrected chi connectivity index (χ3v) is 8.22. The Balaban J connectivity index is 1.26. The van der Waals surface area contributed by atoms with E-state index in [0.717, 1.165) is 56.3 Å². The van der Waals surface area contributed by atoms with Crippen molar-refractivity contribution in [1.29, 1.82) is 0 Å². The van der Waals surface area contributed by atoms with Crippen LogP contribution in [0.4, 0.5) is 4.79 Å². The van der Waals surface area contributed by atoms with Crippen LogP contribution in [0.25, 0.3) is 0 Å². The summed E-state index contributed by atoms with van der Waals surface area (Å²) in [6.45, 7) is 0.421.